The van der Waals surface area contributed by atoms with Gasteiger partial charge in [-0.2, -0.15) is 11.8 Å². The Morgan fingerprint density at radius 1 is 1.40 bits per heavy atom. The number of nitrogens with one attached hydrogen (secondary N) is 1. The molecule has 1 amide bonds. The minimum atomic E-state index is -0.565. The van der Waals surface area contributed by atoms with E-state index < -0.39 is 5.82 Å². The van der Waals surface area contributed by atoms with Crippen LogP contribution in [0.5, 0.6) is 0 Å². The molecule has 20 heavy (non-hydrogen) atoms. The number of hydrogen-bond acceptors (Lipinski definition) is 3. The maximum Gasteiger partial charge on any atom is 0.254 e. The maximum atomic E-state index is 13.7. The number of thioether (sulfide) groups is 1. The molecule has 0 bridgehead atoms. The summed E-state index contributed by atoms with van der Waals surface area (Å²) in [5.41, 5.74) is 5.87. The summed E-state index contributed by atoms with van der Waals surface area (Å²) in [4.78, 5) is 12.1. The van der Waals surface area contributed by atoms with Gasteiger partial charge in [0.15, 0.2) is 0 Å². The lowest BCUT2D eigenvalue weighted by Gasteiger charge is -2.35. The number of carbonyl (C=O) groups excluding carboxylic acids is 1. The fraction of sp³-hybridized carbons (Fsp3) is 0.533. The van der Waals surface area contributed by atoms with Crippen LogP contribution in [0.25, 0.3) is 0 Å². The van der Waals surface area contributed by atoms with E-state index >= 15 is 0 Å². The molecule has 0 aliphatic heterocycles. The summed E-state index contributed by atoms with van der Waals surface area (Å²) in [6.07, 6.45) is 7.97. The van der Waals surface area contributed by atoms with Crippen molar-refractivity contribution in [2.24, 2.45) is 0 Å². The molecular formula is C15H21FN2OS. The molecule has 1 aliphatic carbocycles. The van der Waals surface area contributed by atoms with Crippen LogP contribution in [0.1, 0.15) is 42.5 Å². The van der Waals surface area contributed by atoms with E-state index in [9.17, 15) is 9.18 Å². The fourth-order valence-electron chi connectivity index (χ4n) is 2.70. The fourth-order valence-corrected chi connectivity index (χ4v) is 3.61. The molecule has 1 aromatic carbocycles. The topological polar surface area (TPSA) is 55.1 Å². The normalized spacial score (nSPS) is 17.7. The molecule has 3 nitrogen and oxygen atoms in total. The molecule has 0 atom stereocenters. The van der Waals surface area contributed by atoms with E-state index in [4.69, 9.17) is 5.73 Å². The van der Waals surface area contributed by atoms with Gasteiger partial charge in [-0.1, -0.05) is 19.3 Å². The smallest absolute Gasteiger partial charge is 0.254 e. The van der Waals surface area contributed by atoms with Crippen molar-refractivity contribution in [3.05, 3.63) is 29.6 Å². The number of anilines is 1. The molecule has 0 radical (unpaired) electrons. The lowest BCUT2D eigenvalue weighted by molar-refractivity contribution is 0.0943. The van der Waals surface area contributed by atoms with Crippen LogP contribution in [0.2, 0.25) is 0 Å². The second-order valence-electron chi connectivity index (χ2n) is 5.37. The van der Waals surface area contributed by atoms with Crippen molar-refractivity contribution in [1.29, 1.82) is 0 Å². The number of halogens is 1. The highest BCUT2D eigenvalue weighted by molar-refractivity contribution is 8.00. The SMILES string of the molecule is CSC1(CNC(=O)c2ccc(N)cc2F)CCCCC1. The van der Waals surface area contributed by atoms with Gasteiger partial charge < -0.3 is 11.1 Å². The lowest BCUT2D eigenvalue weighted by atomic mass is 9.88. The largest absolute Gasteiger partial charge is 0.399 e. The zero-order valence-corrected chi connectivity index (χ0v) is 12.6. The highest BCUT2D eigenvalue weighted by Gasteiger charge is 2.31. The van der Waals surface area contributed by atoms with E-state index in [1.165, 1.54) is 31.4 Å². The summed E-state index contributed by atoms with van der Waals surface area (Å²) in [6, 6.07) is 4.16. The van der Waals surface area contributed by atoms with E-state index in [2.05, 4.69) is 11.6 Å². The summed E-state index contributed by atoms with van der Waals surface area (Å²) >= 11 is 1.81. The van der Waals surface area contributed by atoms with E-state index in [-0.39, 0.29) is 16.2 Å². The number of rotatable bonds is 4. The van der Waals surface area contributed by atoms with E-state index in [1.807, 2.05) is 11.8 Å². The van der Waals surface area contributed by atoms with Crippen LogP contribution in [0.3, 0.4) is 0 Å². The van der Waals surface area contributed by atoms with Crippen molar-refractivity contribution in [1.82, 2.24) is 5.32 Å². The average Bonchev–Trinajstić information content (AvgIpc) is 2.46. The zero-order chi connectivity index (χ0) is 14.6. The Kier molecular flexibility index (Phi) is 4.91. The van der Waals surface area contributed by atoms with Crippen molar-refractivity contribution >= 4 is 23.4 Å². The molecular weight excluding hydrogens is 275 g/mol. The highest BCUT2D eigenvalue weighted by Crippen LogP contribution is 2.38. The van der Waals surface area contributed by atoms with Crippen molar-refractivity contribution < 1.29 is 9.18 Å². The first-order valence-electron chi connectivity index (χ1n) is 6.95. The summed E-state index contributed by atoms with van der Waals surface area (Å²) in [7, 11) is 0. The third kappa shape index (κ3) is 3.45. The van der Waals surface area contributed by atoms with Gasteiger partial charge in [0, 0.05) is 17.0 Å². The number of amides is 1. The van der Waals surface area contributed by atoms with Crippen molar-refractivity contribution in [2.45, 2.75) is 36.9 Å². The van der Waals surface area contributed by atoms with E-state index in [0.29, 0.717) is 12.2 Å². The van der Waals surface area contributed by atoms with Crippen LogP contribution in [0, 0.1) is 5.82 Å². The standard InChI is InChI=1S/C15H21FN2OS/c1-20-15(7-3-2-4-8-15)10-18-14(19)12-6-5-11(17)9-13(12)16/h5-6,9H,2-4,7-8,10,17H2,1H3,(H,18,19). The molecule has 0 heterocycles. The van der Waals surface area contributed by atoms with E-state index in [1.54, 1.807) is 6.07 Å². The summed E-state index contributed by atoms with van der Waals surface area (Å²) in [5, 5.41) is 2.88. The van der Waals surface area contributed by atoms with Gasteiger partial charge in [0.2, 0.25) is 0 Å². The molecule has 1 saturated carbocycles. The van der Waals surface area contributed by atoms with Gasteiger partial charge in [-0.25, -0.2) is 4.39 Å². The van der Waals surface area contributed by atoms with Crippen LogP contribution in [0.15, 0.2) is 18.2 Å². The van der Waals surface area contributed by atoms with Crippen LogP contribution in [-0.2, 0) is 0 Å². The first-order chi connectivity index (χ1) is 9.56. The Bertz CT molecular complexity index is 487. The van der Waals surface area contributed by atoms with Gasteiger partial charge in [0.1, 0.15) is 5.82 Å². The third-order valence-corrected chi connectivity index (χ3v) is 5.43. The summed E-state index contributed by atoms with van der Waals surface area (Å²) in [5.74, 6) is -0.925. The maximum absolute atomic E-state index is 13.7. The van der Waals surface area contributed by atoms with Crippen LogP contribution < -0.4 is 11.1 Å². The average molecular weight is 296 g/mol. The third-order valence-electron chi connectivity index (χ3n) is 4.01. The number of nitrogens with two attached hydrogens (primary N) is 1. The molecule has 0 aromatic heterocycles. The Balaban J connectivity index is 2.00. The van der Waals surface area contributed by atoms with E-state index in [0.717, 1.165) is 12.8 Å². The minimum Gasteiger partial charge on any atom is -0.399 e. The van der Waals surface area contributed by atoms with Crippen molar-refractivity contribution in [3.63, 3.8) is 0 Å². The quantitative estimate of drug-likeness (QED) is 0.839. The van der Waals surface area contributed by atoms with Gasteiger partial charge >= 0.3 is 0 Å². The lowest BCUT2D eigenvalue weighted by Crippen LogP contribution is -2.42. The molecule has 0 unspecified atom stereocenters. The molecule has 1 fully saturated rings. The molecule has 0 spiro atoms. The first kappa shape index (κ1) is 15.2. The molecule has 1 aromatic rings. The predicted molar refractivity (Wildman–Crippen MR) is 82.5 cm³/mol. The van der Waals surface area contributed by atoms with Gasteiger partial charge in [-0.05, 0) is 37.3 Å². The number of benzene rings is 1. The van der Waals surface area contributed by atoms with Gasteiger partial charge in [-0.3, -0.25) is 4.79 Å². The number of hydrogen-bond donors (Lipinski definition) is 2. The van der Waals surface area contributed by atoms with Crippen LogP contribution in [0.4, 0.5) is 10.1 Å². The molecule has 110 valence electrons. The van der Waals surface area contributed by atoms with Crippen LogP contribution in [-0.4, -0.2) is 23.5 Å². The van der Waals surface area contributed by atoms with Crippen LogP contribution >= 0.6 is 11.8 Å². The van der Waals surface area contributed by atoms with Gasteiger partial charge in [0.05, 0.1) is 5.56 Å². The van der Waals surface area contributed by atoms with Gasteiger partial charge in [-0.15, -0.1) is 0 Å². The number of nitrogen functional groups attached to an aromatic ring is 1. The second kappa shape index (κ2) is 6.48. The molecule has 0 saturated heterocycles. The zero-order valence-electron chi connectivity index (χ0n) is 11.7. The Morgan fingerprint density at radius 2 is 2.10 bits per heavy atom. The minimum absolute atomic E-state index is 0.0614. The van der Waals surface area contributed by atoms with Crippen molar-refractivity contribution in [3.8, 4) is 0 Å². The summed E-state index contributed by atoms with van der Waals surface area (Å²) < 4.78 is 13.8. The Morgan fingerprint density at radius 3 is 2.70 bits per heavy atom. The monoisotopic (exact) mass is 296 g/mol. The van der Waals surface area contributed by atoms with Crippen molar-refractivity contribution in [2.75, 3.05) is 18.5 Å². The Hall–Kier alpha value is -1.23. The molecule has 5 heteroatoms. The molecule has 2 rings (SSSR count). The predicted octanol–water partition coefficient (Wildman–Crippen LogP) is 3.20. The number of carbonyl (C=O) groups is 1. The Labute approximate surface area is 123 Å². The molecule has 1 aliphatic rings. The first-order valence-corrected chi connectivity index (χ1v) is 8.17. The highest BCUT2D eigenvalue weighted by atomic mass is 32.2. The van der Waals surface area contributed by atoms with Gasteiger partial charge in [0.25, 0.3) is 5.91 Å². The second-order valence-corrected chi connectivity index (χ2v) is 6.64. The molecule has 3 N–H and O–H groups in total. The summed E-state index contributed by atoms with van der Waals surface area (Å²) in [6.45, 7) is 0.594.